The smallest absolute Gasteiger partial charge is 0.313 e. The summed E-state index contributed by atoms with van der Waals surface area (Å²) < 4.78 is 0. The van der Waals surface area contributed by atoms with Crippen molar-refractivity contribution in [3.8, 4) is 0 Å². The van der Waals surface area contributed by atoms with Crippen LogP contribution in [0.2, 0.25) is 0 Å². The Morgan fingerprint density at radius 1 is 1.05 bits per heavy atom. The zero-order valence-corrected chi connectivity index (χ0v) is 13.3. The summed E-state index contributed by atoms with van der Waals surface area (Å²) >= 11 is 0. The van der Waals surface area contributed by atoms with E-state index < -0.39 is 11.8 Å². The van der Waals surface area contributed by atoms with E-state index in [9.17, 15) is 9.59 Å². The Bertz CT molecular complexity index is 454. The van der Waals surface area contributed by atoms with Crippen LogP contribution in [-0.2, 0) is 16.0 Å². The lowest BCUT2D eigenvalue weighted by molar-refractivity contribution is -0.142. The minimum absolute atomic E-state index is 0.487. The van der Waals surface area contributed by atoms with Crippen LogP contribution in [0.25, 0.3) is 0 Å². The molecule has 0 saturated carbocycles. The van der Waals surface area contributed by atoms with Gasteiger partial charge in [-0.3, -0.25) is 9.59 Å². The molecule has 0 aliphatic carbocycles. The van der Waals surface area contributed by atoms with E-state index in [1.807, 2.05) is 24.3 Å². The van der Waals surface area contributed by atoms with Crippen LogP contribution >= 0.6 is 0 Å². The second-order valence-corrected chi connectivity index (χ2v) is 5.33. The van der Waals surface area contributed by atoms with Crippen molar-refractivity contribution < 1.29 is 9.59 Å². The molecule has 0 radical (unpaired) electrons. The Balaban J connectivity index is 2.52. The molecule has 0 aliphatic heterocycles. The summed E-state index contributed by atoms with van der Waals surface area (Å²) in [6.07, 6.45) is 5.27. The van der Waals surface area contributed by atoms with Crippen LogP contribution in [0.1, 0.15) is 45.1 Å². The number of likely N-dealkylation sites (N-methyl/N-ethyl adjacent to an activating group) is 1. The molecular formula is C17H26N2O2. The monoisotopic (exact) mass is 290 g/mol. The molecule has 0 aromatic heterocycles. The summed E-state index contributed by atoms with van der Waals surface area (Å²) in [6.45, 7) is 4.83. The van der Waals surface area contributed by atoms with Crippen molar-refractivity contribution in [2.75, 3.05) is 18.9 Å². The zero-order valence-electron chi connectivity index (χ0n) is 13.3. The Morgan fingerprint density at radius 2 is 1.67 bits per heavy atom. The van der Waals surface area contributed by atoms with Crippen molar-refractivity contribution in [2.45, 2.75) is 46.0 Å². The normalized spacial score (nSPS) is 10.2. The number of benzene rings is 1. The van der Waals surface area contributed by atoms with Gasteiger partial charge in [-0.15, -0.1) is 0 Å². The van der Waals surface area contributed by atoms with Crippen molar-refractivity contribution in [3.05, 3.63) is 29.8 Å². The second kappa shape index (κ2) is 9.16. The van der Waals surface area contributed by atoms with Gasteiger partial charge < -0.3 is 10.2 Å². The van der Waals surface area contributed by atoms with Gasteiger partial charge in [0.05, 0.1) is 0 Å². The zero-order chi connectivity index (χ0) is 15.7. The van der Waals surface area contributed by atoms with Crippen LogP contribution in [0.4, 0.5) is 5.69 Å². The number of nitrogens with one attached hydrogen (secondary N) is 1. The number of carbonyl (C=O) groups is 2. The van der Waals surface area contributed by atoms with Gasteiger partial charge in [0.1, 0.15) is 0 Å². The number of amides is 2. The molecule has 21 heavy (non-hydrogen) atoms. The van der Waals surface area contributed by atoms with Gasteiger partial charge in [0.2, 0.25) is 0 Å². The maximum absolute atomic E-state index is 11.9. The predicted octanol–water partition coefficient (Wildman–Crippen LogP) is 3.23. The lowest BCUT2D eigenvalue weighted by Crippen LogP contribution is -2.37. The summed E-state index contributed by atoms with van der Waals surface area (Å²) in [6, 6.07) is 7.69. The predicted molar refractivity (Wildman–Crippen MR) is 86.2 cm³/mol. The molecule has 2 amide bonds. The number of aryl methyl sites for hydroxylation is 1. The summed E-state index contributed by atoms with van der Waals surface area (Å²) in [4.78, 5) is 25.2. The Labute approximate surface area is 127 Å². The SMILES string of the molecule is CCCCc1ccc(NC(=O)C(=O)N(C)CCCC)cc1. The van der Waals surface area contributed by atoms with Crippen molar-refractivity contribution in [1.29, 1.82) is 0 Å². The average molecular weight is 290 g/mol. The van der Waals surface area contributed by atoms with E-state index in [2.05, 4.69) is 19.2 Å². The molecule has 4 nitrogen and oxygen atoms in total. The first-order valence-electron chi connectivity index (χ1n) is 7.73. The number of carbonyl (C=O) groups excluding carboxylic acids is 2. The number of rotatable bonds is 7. The fourth-order valence-electron chi connectivity index (χ4n) is 1.99. The van der Waals surface area contributed by atoms with Gasteiger partial charge in [-0.25, -0.2) is 0 Å². The van der Waals surface area contributed by atoms with E-state index in [4.69, 9.17) is 0 Å². The largest absolute Gasteiger partial charge is 0.338 e. The van der Waals surface area contributed by atoms with Gasteiger partial charge in [-0.2, -0.15) is 0 Å². The molecule has 1 rings (SSSR count). The van der Waals surface area contributed by atoms with E-state index >= 15 is 0 Å². The third kappa shape index (κ3) is 5.98. The highest BCUT2D eigenvalue weighted by atomic mass is 16.2. The molecule has 0 unspecified atom stereocenters. The molecule has 0 aliphatic rings. The van der Waals surface area contributed by atoms with E-state index in [-0.39, 0.29) is 0 Å². The van der Waals surface area contributed by atoms with Gasteiger partial charge in [0.15, 0.2) is 0 Å². The molecule has 1 aromatic rings. The number of anilines is 1. The van der Waals surface area contributed by atoms with Crippen molar-refractivity contribution in [3.63, 3.8) is 0 Å². The van der Waals surface area contributed by atoms with E-state index in [1.165, 1.54) is 10.5 Å². The summed E-state index contributed by atoms with van der Waals surface area (Å²) in [5, 5.41) is 2.65. The van der Waals surface area contributed by atoms with Crippen LogP contribution in [0.5, 0.6) is 0 Å². The molecule has 0 saturated heterocycles. The molecule has 1 aromatic carbocycles. The minimum Gasteiger partial charge on any atom is -0.338 e. The van der Waals surface area contributed by atoms with Gasteiger partial charge in [0.25, 0.3) is 0 Å². The van der Waals surface area contributed by atoms with Crippen LogP contribution < -0.4 is 5.32 Å². The molecule has 1 N–H and O–H groups in total. The standard InChI is InChI=1S/C17H26N2O2/c1-4-6-8-14-9-11-15(12-10-14)18-16(20)17(21)19(3)13-7-5-2/h9-12H,4-8,13H2,1-3H3,(H,18,20). The maximum atomic E-state index is 11.9. The van der Waals surface area contributed by atoms with Crippen LogP contribution in [0, 0.1) is 0 Å². The summed E-state index contributed by atoms with van der Waals surface area (Å²) in [5.41, 5.74) is 1.92. The quantitative estimate of drug-likeness (QED) is 0.784. The fraction of sp³-hybridized carbons (Fsp3) is 0.529. The van der Waals surface area contributed by atoms with Crippen LogP contribution in [0.3, 0.4) is 0 Å². The topological polar surface area (TPSA) is 49.4 Å². The summed E-state index contributed by atoms with van der Waals surface area (Å²) in [5.74, 6) is -1.06. The van der Waals surface area contributed by atoms with Crippen molar-refractivity contribution in [2.24, 2.45) is 0 Å². The molecular weight excluding hydrogens is 264 g/mol. The number of unbranched alkanes of at least 4 members (excludes halogenated alkanes) is 2. The molecule has 0 heterocycles. The lowest BCUT2D eigenvalue weighted by atomic mass is 10.1. The highest BCUT2D eigenvalue weighted by Crippen LogP contribution is 2.12. The van der Waals surface area contributed by atoms with Crippen molar-refractivity contribution in [1.82, 2.24) is 4.90 Å². The van der Waals surface area contributed by atoms with Gasteiger partial charge in [-0.05, 0) is 37.0 Å². The fourth-order valence-corrected chi connectivity index (χ4v) is 1.99. The van der Waals surface area contributed by atoms with Crippen LogP contribution in [0.15, 0.2) is 24.3 Å². The first-order valence-corrected chi connectivity index (χ1v) is 7.73. The summed E-state index contributed by atoms with van der Waals surface area (Å²) in [7, 11) is 1.66. The van der Waals surface area contributed by atoms with Gasteiger partial charge in [-0.1, -0.05) is 38.8 Å². The first kappa shape index (κ1) is 17.2. The number of hydrogen-bond donors (Lipinski definition) is 1. The Morgan fingerprint density at radius 3 is 2.24 bits per heavy atom. The Hall–Kier alpha value is -1.84. The Kier molecular flexibility index (Phi) is 7.51. The van der Waals surface area contributed by atoms with E-state index in [0.717, 1.165) is 32.1 Å². The van der Waals surface area contributed by atoms with E-state index in [1.54, 1.807) is 7.05 Å². The molecule has 0 atom stereocenters. The lowest BCUT2D eigenvalue weighted by Gasteiger charge is -2.16. The van der Waals surface area contributed by atoms with Gasteiger partial charge >= 0.3 is 11.8 Å². The minimum atomic E-state index is -0.574. The maximum Gasteiger partial charge on any atom is 0.313 e. The highest BCUT2D eigenvalue weighted by molar-refractivity contribution is 6.39. The average Bonchev–Trinajstić information content (AvgIpc) is 2.51. The number of nitrogens with zero attached hydrogens (tertiary/aromatic N) is 1. The first-order chi connectivity index (χ1) is 10.1. The third-order valence-electron chi connectivity index (χ3n) is 3.42. The number of hydrogen-bond acceptors (Lipinski definition) is 2. The molecule has 4 heteroatoms. The van der Waals surface area contributed by atoms with Crippen LogP contribution in [-0.4, -0.2) is 30.3 Å². The second-order valence-electron chi connectivity index (χ2n) is 5.33. The highest BCUT2D eigenvalue weighted by Gasteiger charge is 2.18. The molecule has 0 bridgehead atoms. The van der Waals surface area contributed by atoms with E-state index in [0.29, 0.717) is 12.2 Å². The molecule has 0 fully saturated rings. The molecule has 116 valence electrons. The van der Waals surface area contributed by atoms with Crippen molar-refractivity contribution >= 4 is 17.5 Å². The van der Waals surface area contributed by atoms with Gasteiger partial charge in [0, 0.05) is 19.3 Å². The third-order valence-corrected chi connectivity index (χ3v) is 3.42. The molecule has 0 spiro atoms.